The van der Waals surface area contributed by atoms with Gasteiger partial charge in [0.25, 0.3) is 0 Å². The Kier molecular flexibility index (Phi) is 4.36. The molecule has 2 rings (SSSR count). The fraction of sp³-hybridized carbons (Fsp3) is 0.667. The second-order valence-electron chi connectivity index (χ2n) is 5.94. The van der Waals surface area contributed by atoms with Crippen LogP contribution < -0.4 is 0 Å². The van der Waals surface area contributed by atoms with Crippen LogP contribution in [0.15, 0.2) is 24.5 Å². The van der Waals surface area contributed by atoms with Crippen molar-refractivity contribution in [3.8, 4) is 0 Å². The van der Waals surface area contributed by atoms with E-state index in [1.54, 1.807) is 6.20 Å². The topological polar surface area (TPSA) is 36.4 Å². The van der Waals surface area contributed by atoms with Gasteiger partial charge in [-0.15, -0.1) is 0 Å². The molecule has 0 aliphatic heterocycles. The highest BCUT2D eigenvalue weighted by atomic mass is 16.3. The van der Waals surface area contributed by atoms with Crippen molar-refractivity contribution in [3.63, 3.8) is 0 Å². The van der Waals surface area contributed by atoms with Crippen molar-refractivity contribution in [2.45, 2.75) is 44.8 Å². The highest BCUT2D eigenvalue weighted by Gasteiger charge is 2.32. The summed E-state index contributed by atoms with van der Waals surface area (Å²) in [6, 6.07) is 4.04. The molecule has 0 saturated heterocycles. The Morgan fingerprint density at radius 2 is 2.17 bits per heavy atom. The lowest BCUT2D eigenvalue weighted by atomic mass is 9.79. The van der Waals surface area contributed by atoms with E-state index in [0.29, 0.717) is 0 Å². The van der Waals surface area contributed by atoms with Crippen molar-refractivity contribution in [1.82, 2.24) is 9.88 Å². The van der Waals surface area contributed by atoms with E-state index in [1.807, 2.05) is 12.3 Å². The Hall–Kier alpha value is -0.930. The van der Waals surface area contributed by atoms with Gasteiger partial charge >= 0.3 is 0 Å². The maximum Gasteiger partial charge on any atom is 0.0774 e. The van der Waals surface area contributed by atoms with Gasteiger partial charge in [-0.1, -0.05) is 13.0 Å². The average molecular weight is 248 g/mol. The fourth-order valence-electron chi connectivity index (χ4n) is 2.82. The van der Waals surface area contributed by atoms with Gasteiger partial charge in [0.05, 0.1) is 5.60 Å². The van der Waals surface area contributed by atoms with Gasteiger partial charge in [-0.2, -0.15) is 0 Å². The number of rotatable bonds is 4. The summed E-state index contributed by atoms with van der Waals surface area (Å²) in [6.07, 6.45) is 7.86. The monoisotopic (exact) mass is 248 g/mol. The van der Waals surface area contributed by atoms with Crippen molar-refractivity contribution in [2.75, 3.05) is 13.6 Å². The van der Waals surface area contributed by atoms with Gasteiger partial charge in [-0.05, 0) is 50.3 Å². The molecule has 1 aliphatic rings. The van der Waals surface area contributed by atoms with Gasteiger partial charge in [0.15, 0.2) is 0 Å². The van der Waals surface area contributed by atoms with Gasteiger partial charge in [0.2, 0.25) is 0 Å². The third kappa shape index (κ3) is 3.79. The van der Waals surface area contributed by atoms with E-state index in [0.717, 1.165) is 44.7 Å². The van der Waals surface area contributed by atoms with Gasteiger partial charge in [0.1, 0.15) is 0 Å². The Bertz CT molecular complexity index is 358. The van der Waals surface area contributed by atoms with Crippen LogP contribution in [0.4, 0.5) is 0 Å². The summed E-state index contributed by atoms with van der Waals surface area (Å²) in [5.74, 6) is 0.772. The molecule has 3 heteroatoms. The van der Waals surface area contributed by atoms with Gasteiger partial charge in [-0.25, -0.2) is 0 Å². The standard InChI is InChI=1S/C15H24N2O/c1-13-5-7-15(18,8-6-13)12-17(2)11-14-4-3-9-16-10-14/h3-4,9-10,13,18H,5-8,11-12H2,1-2H3. The Morgan fingerprint density at radius 3 is 2.78 bits per heavy atom. The molecule has 0 spiro atoms. The number of pyridine rings is 1. The molecule has 100 valence electrons. The first-order valence-electron chi connectivity index (χ1n) is 6.87. The minimum Gasteiger partial charge on any atom is -0.389 e. The van der Waals surface area contributed by atoms with E-state index in [9.17, 15) is 5.11 Å². The van der Waals surface area contributed by atoms with E-state index in [-0.39, 0.29) is 0 Å². The number of hydrogen-bond acceptors (Lipinski definition) is 3. The maximum absolute atomic E-state index is 10.6. The molecule has 1 fully saturated rings. The molecule has 1 heterocycles. The third-order valence-electron chi connectivity index (χ3n) is 3.94. The SMILES string of the molecule is CC1CCC(O)(CN(C)Cc2cccnc2)CC1. The second-order valence-corrected chi connectivity index (χ2v) is 5.94. The summed E-state index contributed by atoms with van der Waals surface area (Å²) in [5, 5.41) is 10.6. The molecule has 1 N–H and O–H groups in total. The first-order chi connectivity index (χ1) is 8.57. The summed E-state index contributed by atoms with van der Waals surface area (Å²) < 4.78 is 0. The lowest BCUT2D eigenvalue weighted by Gasteiger charge is -2.37. The number of aliphatic hydroxyl groups is 1. The molecule has 18 heavy (non-hydrogen) atoms. The molecule has 0 aromatic carbocycles. The summed E-state index contributed by atoms with van der Waals surface area (Å²) in [5.41, 5.74) is 0.719. The Morgan fingerprint density at radius 1 is 1.44 bits per heavy atom. The maximum atomic E-state index is 10.6. The normalized spacial score (nSPS) is 28.6. The minimum absolute atomic E-state index is 0.483. The molecular weight excluding hydrogens is 224 g/mol. The number of likely N-dealkylation sites (N-methyl/N-ethyl adjacent to an activating group) is 1. The zero-order valence-electron chi connectivity index (χ0n) is 11.5. The summed E-state index contributed by atoms with van der Waals surface area (Å²) in [6.45, 7) is 3.89. The van der Waals surface area contributed by atoms with E-state index in [1.165, 1.54) is 5.56 Å². The molecule has 1 saturated carbocycles. The van der Waals surface area contributed by atoms with Crippen LogP contribution >= 0.6 is 0 Å². The van der Waals surface area contributed by atoms with E-state index in [4.69, 9.17) is 0 Å². The van der Waals surface area contributed by atoms with Crippen molar-refractivity contribution in [3.05, 3.63) is 30.1 Å². The highest BCUT2D eigenvalue weighted by molar-refractivity contribution is 5.08. The van der Waals surface area contributed by atoms with Crippen molar-refractivity contribution in [2.24, 2.45) is 5.92 Å². The minimum atomic E-state index is -0.483. The largest absolute Gasteiger partial charge is 0.389 e. The molecule has 0 radical (unpaired) electrons. The van der Waals surface area contributed by atoms with Gasteiger partial charge in [0, 0.05) is 25.5 Å². The zero-order chi connectivity index (χ0) is 13.0. The smallest absolute Gasteiger partial charge is 0.0774 e. The second kappa shape index (κ2) is 5.81. The lowest BCUT2D eigenvalue weighted by molar-refractivity contribution is -0.0315. The van der Waals surface area contributed by atoms with Crippen LogP contribution in [0.1, 0.15) is 38.2 Å². The average Bonchev–Trinajstić information content (AvgIpc) is 2.34. The van der Waals surface area contributed by atoms with Crippen molar-refractivity contribution >= 4 is 0 Å². The number of hydrogen-bond donors (Lipinski definition) is 1. The van der Waals surface area contributed by atoms with E-state index < -0.39 is 5.60 Å². The highest BCUT2D eigenvalue weighted by Crippen LogP contribution is 2.32. The van der Waals surface area contributed by atoms with Crippen LogP contribution in [-0.4, -0.2) is 34.2 Å². The Labute approximate surface area is 110 Å². The van der Waals surface area contributed by atoms with Crippen LogP contribution in [0.3, 0.4) is 0 Å². The number of aromatic nitrogens is 1. The molecule has 1 aromatic heterocycles. The summed E-state index contributed by atoms with van der Waals surface area (Å²) >= 11 is 0. The summed E-state index contributed by atoms with van der Waals surface area (Å²) in [7, 11) is 2.07. The van der Waals surface area contributed by atoms with Crippen molar-refractivity contribution < 1.29 is 5.11 Å². The first-order valence-corrected chi connectivity index (χ1v) is 6.87. The number of nitrogens with zero attached hydrogens (tertiary/aromatic N) is 2. The molecule has 3 nitrogen and oxygen atoms in total. The molecule has 1 aliphatic carbocycles. The zero-order valence-corrected chi connectivity index (χ0v) is 11.5. The van der Waals surface area contributed by atoms with Crippen LogP contribution in [-0.2, 0) is 6.54 Å². The van der Waals surface area contributed by atoms with E-state index in [2.05, 4.69) is 29.9 Å². The van der Waals surface area contributed by atoms with Crippen LogP contribution in [0.5, 0.6) is 0 Å². The molecule has 0 unspecified atom stereocenters. The van der Waals surface area contributed by atoms with E-state index >= 15 is 0 Å². The quantitative estimate of drug-likeness (QED) is 0.889. The predicted octanol–water partition coefficient (Wildman–Crippen LogP) is 2.45. The van der Waals surface area contributed by atoms with Crippen LogP contribution in [0, 0.1) is 5.92 Å². The predicted molar refractivity (Wildman–Crippen MR) is 73.2 cm³/mol. The molecule has 0 amide bonds. The summed E-state index contributed by atoms with van der Waals surface area (Å²) in [4.78, 5) is 6.32. The Balaban J connectivity index is 1.85. The molecule has 0 atom stereocenters. The van der Waals surface area contributed by atoms with Gasteiger partial charge < -0.3 is 5.11 Å². The fourth-order valence-corrected chi connectivity index (χ4v) is 2.82. The third-order valence-corrected chi connectivity index (χ3v) is 3.94. The van der Waals surface area contributed by atoms with Crippen molar-refractivity contribution in [1.29, 1.82) is 0 Å². The molecule has 1 aromatic rings. The lowest BCUT2D eigenvalue weighted by Crippen LogP contribution is -2.43. The molecule has 0 bridgehead atoms. The van der Waals surface area contributed by atoms with Crippen LogP contribution in [0.25, 0.3) is 0 Å². The molecular formula is C15H24N2O. The van der Waals surface area contributed by atoms with Gasteiger partial charge in [-0.3, -0.25) is 9.88 Å². The first kappa shape index (κ1) is 13.5. The van der Waals surface area contributed by atoms with Crippen LogP contribution in [0.2, 0.25) is 0 Å².